The van der Waals surface area contributed by atoms with E-state index in [1.54, 1.807) is 0 Å². The molecule has 2 aromatic heterocycles. The number of nitrogens with zero attached hydrogens (tertiary/aromatic N) is 4. The molecule has 2 atom stereocenters. The van der Waals surface area contributed by atoms with Crippen LogP contribution in [0.1, 0.15) is 90.1 Å². The number of fused-ring (bicyclic) bond motifs is 2. The Bertz CT molecular complexity index is 1330. The molecule has 0 bridgehead atoms. The highest BCUT2D eigenvalue weighted by Gasteiger charge is 2.44. The third-order valence-electron chi connectivity index (χ3n) is 9.44. The molecule has 2 aliphatic carbocycles. The molecular weight excluding hydrogens is 484 g/mol. The van der Waals surface area contributed by atoms with E-state index in [-0.39, 0.29) is 12.2 Å². The van der Waals surface area contributed by atoms with Crippen molar-refractivity contribution in [2.24, 2.45) is 0 Å². The van der Waals surface area contributed by atoms with Gasteiger partial charge in [0.1, 0.15) is 37.4 Å². The highest BCUT2D eigenvalue weighted by atomic mass is 16.8. The molecule has 6 heteroatoms. The van der Waals surface area contributed by atoms with Crippen molar-refractivity contribution >= 4 is 22.1 Å². The summed E-state index contributed by atoms with van der Waals surface area (Å²) in [6, 6.07) is 18.9. The van der Waals surface area contributed by atoms with E-state index in [1.165, 1.54) is 86.3 Å². The van der Waals surface area contributed by atoms with Gasteiger partial charge in [-0.25, -0.2) is 18.3 Å². The van der Waals surface area contributed by atoms with Gasteiger partial charge in [-0.3, -0.25) is 0 Å². The van der Waals surface area contributed by atoms with E-state index in [0.717, 1.165) is 13.1 Å². The molecule has 0 N–H and O–H groups in total. The molecule has 2 aromatic carbocycles. The monoisotopic (exact) mass is 528 g/mol. The molecule has 7 rings (SSSR count). The summed E-state index contributed by atoms with van der Waals surface area (Å²) in [5.74, 6) is -0.597. The van der Waals surface area contributed by atoms with Crippen LogP contribution in [0.4, 0.5) is 0 Å². The van der Waals surface area contributed by atoms with Crippen LogP contribution in [0.3, 0.4) is 0 Å². The van der Waals surface area contributed by atoms with Gasteiger partial charge in [0.15, 0.2) is 27.9 Å². The number of hydrogen-bond acceptors (Lipinski definition) is 2. The second-order valence-corrected chi connectivity index (χ2v) is 12.6. The molecule has 6 nitrogen and oxygen atoms in total. The van der Waals surface area contributed by atoms with Gasteiger partial charge in [-0.2, -0.15) is 0 Å². The van der Waals surface area contributed by atoms with Gasteiger partial charge in [0.25, 0.3) is 0 Å². The molecule has 4 aromatic rings. The van der Waals surface area contributed by atoms with E-state index in [2.05, 4.69) is 93.3 Å². The van der Waals surface area contributed by atoms with Crippen molar-refractivity contribution in [3.8, 4) is 0 Å². The van der Waals surface area contributed by atoms with Crippen molar-refractivity contribution < 1.29 is 18.6 Å². The fourth-order valence-corrected chi connectivity index (χ4v) is 7.60. The van der Waals surface area contributed by atoms with Crippen molar-refractivity contribution in [3.05, 3.63) is 61.2 Å². The largest absolute Gasteiger partial charge is 0.340 e. The van der Waals surface area contributed by atoms with Gasteiger partial charge in [0.2, 0.25) is 12.7 Å². The van der Waals surface area contributed by atoms with Crippen molar-refractivity contribution in [2.45, 2.75) is 121 Å². The van der Waals surface area contributed by atoms with Crippen LogP contribution in [-0.2, 0) is 22.6 Å². The Kier molecular flexibility index (Phi) is 6.72. The van der Waals surface area contributed by atoms with E-state index in [1.807, 2.05) is 0 Å². The molecule has 39 heavy (non-hydrogen) atoms. The Balaban J connectivity index is 1.19. The lowest BCUT2D eigenvalue weighted by Gasteiger charge is -2.19. The zero-order valence-corrected chi connectivity index (χ0v) is 23.7. The number of benzene rings is 2. The predicted molar refractivity (Wildman–Crippen MR) is 152 cm³/mol. The normalized spacial score (nSPS) is 24.7. The summed E-state index contributed by atoms with van der Waals surface area (Å²) in [5.41, 5.74) is 5.25. The topological polar surface area (TPSA) is 36.1 Å². The van der Waals surface area contributed by atoms with Gasteiger partial charge >= 0.3 is 0 Å². The highest BCUT2D eigenvalue weighted by molar-refractivity contribution is 5.72. The van der Waals surface area contributed by atoms with E-state index < -0.39 is 5.79 Å². The van der Waals surface area contributed by atoms with Gasteiger partial charge in [-0.1, -0.05) is 37.1 Å². The molecule has 0 radical (unpaired) electrons. The second kappa shape index (κ2) is 10.4. The average molecular weight is 529 g/mol. The predicted octanol–water partition coefficient (Wildman–Crippen LogP) is 6.40. The number of hydrogen-bond donors (Lipinski definition) is 0. The molecule has 2 saturated carbocycles. The highest BCUT2D eigenvalue weighted by Crippen LogP contribution is 2.33. The summed E-state index contributed by atoms with van der Waals surface area (Å²) < 4.78 is 23.1. The van der Waals surface area contributed by atoms with Gasteiger partial charge in [0.05, 0.1) is 0 Å². The quantitative estimate of drug-likeness (QED) is 0.272. The first kappa shape index (κ1) is 25.3. The third-order valence-corrected chi connectivity index (χ3v) is 9.44. The van der Waals surface area contributed by atoms with E-state index in [0.29, 0.717) is 12.1 Å². The van der Waals surface area contributed by atoms with Gasteiger partial charge in [-0.15, -0.1) is 0 Å². The average Bonchev–Trinajstić information content (AvgIpc) is 3.61. The molecule has 3 heterocycles. The number of ether oxygens (including phenoxy) is 2. The van der Waals surface area contributed by atoms with Crippen LogP contribution < -0.4 is 9.13 Å². The van der Waals surface area contributed by atoms with Crippen molar-refractivity contribution in [2.75, 3.05) is 0 Å². The molecular formula is C33H44N4O2+2. The van der Waals surface area contributed by atoms with Crippen molar-refractivity contribution in [1.82, 2.24) is 9.13 Å². The third kappa shape index (κ3) is 4.91. The number of aromatic nitrogens is 4. The van der Waals surface area contributed by atoms with Crippen LogP contribution in [-0.4, -0.2) is 27.1 Å². The number of para-hydroxylation sites is 4. The standard InChI is InChI=1S/C33H44N4O2/c1-33(2)38-31(21-34-23-36(25-13-5-3-6-14-25)29-19-11-9-17-27(29)34)32(39-33)22-35-24-37(26-15-7-4-8-16-26)30-20-12-10-18-28(30)35/h9-12,17-20,23-26,31-32H,3-8,13-16,21-22H2,1-2H3/q+2/t31-,32-/m0/s1. The minimum absolute atomic E-state index is 0.0279. The summed E-state index contributed by atoms with van der Waals surface area (Å²) >= 11 is 0. The van der Waals surface area contributed by atoms with Crippen LogP contribution in [0.25, 0.3) is 22.1 Å². The van der Waals surface area contributed by atoms with Crippen molar-refractivity contribution in [1.29, 1.82) is 0 Å². The first-order chi connectivity index (χ1) is 19.1. The minimum atomic E-state index is -0.597. The zero-order chi connectivity index (χ0) is 26.4. The second-order valence-electron chi connectivity index (χ2n) is 12.6. The van der Waals surface area contributed by atoms with Crippen LogP contribution in [0.2, 0.25) is 0 Å². The van der Waals surface area contributed by atoms with Crippen LogP contribution >= 0.6 is 0 Å². The minimum Gasteiger partial charge on any atom is -0.340 e. The van der Waals surface area contributed by atoms with Crippen LogP contribution in [0.15, 0.2) is 61.2 Å². The summed E-state index contributed by atoms with van der Waals surface area (Å²) in [7, 11) is 0. The SMILES string of the molecule is CC1(C)O[C@@H](C[n+]2cn(C3CCCCC3)c3ccccc32)[C@H](C[n+]2cn(C3CCCCC3)c3ccccc32)O1. The maximum absolute atomic E-state index is 6.60. The number of rotatable bonds is 6. The summed E-state index contributed by atoms with van der Waals surface area (Å²) in [4.78, 5) is 0. The molecule has 206 valence electrons. The van der Waals surface area contributed by atoms with Crippen LogP contribution in [0.5, 0.6) is 0 Å². The Morgan fingerprint density at radius 3 is 1.49 bits per heavy atom. The van der Waals surface area contributed by atoms with E-state index in [9.17, 15) is 0 Å². The first-order valence-corrected chi connectivity index (χ1v) is 15.4. The summed E-state index contributed by atoms with van der Waals surface area (Å²) in [6.45, 7) is 5.70. The maximum atomic E-state index is 6.60. The molecule has 3 fully saturated rings. The lowest BCUT2D eigenvalue weighted by molar-refractivity contribution is -0.693. The van der Waals surface area contributed by atoms with Gasteiger partial charge < -0.3 is 9.47 Å². The van der Waals surface area contributed by atoms with E-state index in [4.69, 9.17) is 9.47 Å². The molecule has 1 saturated heterocycles. The summed E-state index contributed by atoms with van der Waals surface area (Å²) in [6.07, 6.45) is 17.8. The van der Waals surface area contributed by atoms with Gasteiger partial charge in [-0.05, 0) is 89.5 Å². The zero-order valence-electron chi connectivity index (χ0n) is 23.7. The van der Waals surface area contributed by atoms with Crippen molar-refractivity contribution in [3.63, 3.8) is 0 Å². The Morgan fingerprint density at radius 2 is 1.05 bits per heavy atom. The number of imidazole rings is 2. The molecule has 0 spiro atoms. The fraction of sp³-hybridized carbons (Fsp3) is 0.576. The van der Waals surface area contributed by atoms with E-state index >= 15 is 0 Å². The Hall–Kier alpha value is -2.70. The molecule has 0 amide bonds. The van der Waals surface area contributed by atoms with Crippen LogP contribution in [0, 0.1) is 0 Å². The smallest absolute Gasteiger partial charge is 0.245 e. The molecule has 1 aliphatic heterocycles. The molecule has 3 aliphatic rings. The fourth-order valence-electron chi connectivity index (χ4n) is 7.60. The Morgan fingerprint density at radius 1 is 0.641 bits per heavy atom. The lowest BCUT2D eigenvalue weighted by atomic mass is 9.95. The molecule has 0 unspecified atom stereocenters. The van der Waals surface area contributed by atoms with Gasteiger partial charge in [0, 0.05) is 0 Å². The maximum Gasteiger partial charge on any atom is 0.245 e. The Labute approximate surface area is 232 Å². The lowest BCUT2D eigenvalue weighted by Crippen LogP contribution is -2.48. The first-order valence-electron chi connectivity index (χ1n) is 15.4. The summed E-state index contributed by atoms with van der Waals surface area (Å²) in [5, 5.41) is 0.